The molecule has 0 fully saturated rings. The van der Waals surface area contributed by atoms with Crippen LogP contribution in [0.1, 0.15) is 75.1 Å². The van der Waals surface area contributed by atoms with Crippen molar-refractivity contribution in [2.45, 2.75) is 73.1 Å². The van der Waals surface area contributed by atoms with Gasteiger partial charge in [-0.3, -0.25) is 9.98 Å². The van der Waals surface area contributed by atoms with Crippen molar-refractivity contribution in [3.8, 4) is 11.5 Å². The Balaban J connectivity index is 0.000000340. The molecule has 0 aliphatic heterocycles. The number of hydrogen-bond donors (Lipinski definition) is 0. The van der Waals surface area contributed by atoms with E-state index in [1.807, 2.05) is 66.0 Å². The van der Waals surface area contributed by atoms with Crippen LogP contribution in [0.15, 0.2) is 47.6 Å². The Morgan fingerprint density at radius 2 is 1.43 bits per heavy atom. The molecule has 6 heteroatoms. The molecular weight excluding hydrogens is 502 g/mol. The van der Waals surface area contributed by atoms with Crippen LogP contribution in [0.25, 0.3) is 0 Å². The minimum absolute atomic E-state index is 0. The summed E-state index contributed by atoms with van der Waals surface area (Å²) in [4.78, 5) is 8.75. The van der Waals surface area contributed by atoms with Gasteiger partial charge in [0.25, 0.3) is 0 Å². The Morgan fingerprint density at radius 1 is 0.857 bits per heavy atom. The first kappa shape index (κ1) is 30.7. The normalized spacial score (nSPS) is 11.6. The fraction of sp³-hybridized carbons (Fsp3) is 0.379. The quantitative estimate of drug-likeness (QED) is 0.265. The van der Waals surface area contributed by atoms with E-state index >= 15 is 0 Å². The van der Waals surface area contributed by atoms with Gasteiger partial charge in [-0.1, -0.05) is 76.9 Å². The second kappa shape index (κ2) is 12.1. The summed E-state index contributed by atoms with van der Waals surface area (Å²) in [5.41, 5.74) is 5.73. The monoisotopic (exact) mass is 536 g/mol. The molecule has 190 valence electrons. The van der Waals surface area contributed by atoms with Gasteiger partial charge in [-0.25, -0.2) is 0 Å². The summed E-state index contributed by atoms with van der Waals surface area (Å²) in [7, 11) is 0. The van der Waals surface area contributed by atoms with Crippen LogP contribution in [-0.4, -0.2) is 11.2 Å². The number of benzene rings is 2. The minimum atomic E-state index is -0.463. The minimum Gasteiger partial charge on any atom is -0.873 e. The van der Waals surface area contributed by atoms with Crippen molar-refractivity contribution < 1.29 is 26.7 Å². The van der Waals surface area contributed by atoms with Crippen molar-refractivity contribution >= 4 is 23.5 Å². The van der Waals surface area contributed by atoms with Gasteiger partial charge >= 0.3 is 16.5 Å². The van der Waals surface area contributed by atoms with E-state index in [2.05, 4.69) is 42.9 Å². The Kier molecular flexibility index (Phi) is 10.6. The summed E-state index contributed by atoms with van der Waals surface area (Å²) in [6.45, 7) is 17.6. The molecule has 4 nitrogen and oxygen atoms in total. The molecule has 0 radical (unpaired) electrons. The number of hydrogen-bond acceptors (Lipinski definition) is 4. The van der Waals surface area contributed by atoms with Gasteiger partial charge in [0.05, 0.1) is 17.6 Å². The first-order valence-corrected chi connectivity index (χ1v) is 11.7. The van der Waals surface area contributed by atoms with Gasteiger partial charge in [0.2, 0.25) is 0 Å². The first-order valence-electron chi connectivity index (χ1n) is 11.4. The van der Waals surface area contributed by atoms with Crippen LogP contribution < -0.4 is 10.2 Å². The molecule has 0 atom stereocenters. The maximum absolute atomic E-state index is 12.1. The fourth-order valence-corrected chi connectivity index (χ4v) is 4.30. The smallest absolute Gasteiger partial charge is 0.873 e. The van der Waals surface area contributed by atoms with Crippen LogP contribution in [0, 0.1) is 20.8 Å². The molecule has 3 aromatic rings. The average molecular weight is 538 g/mol. The van der Waals surface area contributed by atoms with Gasteiger partial charge < -0.3 is 10.2 Å². The maximum Gasteiger partial charge on any atom is 2.00 e. The van der Waals surface area contributed by atoms with Crippen molar-refractivity contribution in [3.63, 3.8) is 0 Å². The van der Waals surface area contributed by atoms with Crippen molar-refractivity contribution in [1.82, 2.24) is 4.98 Å². The molecule has 0 N–H and O–H groups in total. The molecule has 1 heterocycles. The summed E-state index contributed by atoms with van der Waals surface area (Å²) in [5.74, 6) is -0.887. The third-order valence-electron chi connectivity index (χ3n) is 5.39. The molecule has 0 amide bonds. The molecule has 0 aliphatic carbocycles. The van der Waals surface area contributed by atoms with Crippen LogP contribution in [0.5, 0.6) is 11.5 Å². The standard InChI is InChI=1S/C15H16N2.C14H21ClO2.Ni/c1-11-8-12(2)15(13(3)9-11)17-10-14-6-4-5-7-16-14;1-13(2,3)8-7-9(15)10(14(4,5)6)12(17)11(8)16;/h4-10H,1-3H3;7,16-17H,1-6H3;/q;;+2/p-2. The van der Waals surface area contributed by atoms with Crippen molar-refractivity contribution in [2.75, 3.05) is 0 Å². The second-order valence-electron chi connectivity index (χ2n) is 10.7. The Hall–Kier alpha value is -2.36. The van der Waals surface area contributed by atoms with E-state index in [4.69, 9.17) is 11.6 Å². The third-order valence-corrected chi connectivity index (χ3v) is 5.69. The molecule has 0 aliphatic rings. The summed E-state index contributed by atoms with van der Waals surface area (Å²) < 4.78 is 0. The van der Waals surface area contributed by atoms with Gasteiger partial charge in [-0.15, -0.1) is 11.5 Å². The van der Waals surface area contributed by atoms with Crippen LogP contribution >= 0.6 is 11.6 Å². The fourth-order valence-electron chi connectivity index (χ4n) is 3.82. The molecule has 2 aromatic carbocycles. The van der Waals surface area contributed by atoms with E-state index in [0.29, 0.717) is 16.1 Å². The number of pyridine rings is 1. The van der Waals surface area contributed by atoms with E-state index in [-0.39, 0.29) is 21.9 Å². The second-order valence-corrected chi connectivity index (χ2v) is 11.1. The van der Waals surface area contributed by atoms with Gasteiger partial charge in [0.15, 0.2) is 0 Å². The Labute approximate surface area is 225 Å². The van der Waals surface area contributed by atoms with Crippen molar-refractivity contribution in [2.24, 2.45) is 4.99 Å². The summed E-state index contributed by atoms with van der Waals surface area (Å²) >= 11 is 6.16. The molecule has 3 rings (SSSR count). The average Bonchev–Trinajstić information content (AvgIpc) is 2.69. The van der Waals surface area contributed by atoms with Gasteiger partial charge in [0, 0.05) is 11.2 Å². The van der Waals surface area contributed by atoms with E-state index in [9.17, 15) is 10.2 Å². The zero-order chi connectivity index (χ0) is 25.8. The molecule has 0 saturated heterocycles. The topological polar surface area (TPSA) is 71.4 Å². The maximum atomic E-state index is 12.1. The van der Waals surface area contributed by atoms with E-state index in [1.54, 1.807) is 12.3 Å². The van der Waals surface area contributed by atoms with Crippen LogP contribution in [0.2, 0.25) is 5.02 Å². The predicted molar refractivity (Wildman–Crippen MR) is 140 cm³/mol. The Bertz CT molecular complexity index is 1160. The van der Waals surface area contributed by atoms with Gasteiger partial charge in [-0.2, -0.15) is 0 Å². The van der Waals surface area contributed by atoms with E-state index < -0.39 is 16.9 Å². The molecule has 0 spiro atoms. The third kappa shape index (κ3) is 8.09. The number of halogens is 1. The SMILES string of the molecule is CC(C)(C)c1cc(Cl)c(C(C)(C)C)c([O-])c1[O-].Cc1cc(C)c(N=Cc2ccccn2)c(C)c1.[Ni+2]. The summed E-state index contributed by atoms with van der Waals surface area (Å²) in [6, 6.07) is 11.8. The van der Waals surface area contributed by atoms with Crippen molar-refractivity contribution in [1.29, 1.82) is 0 Å². The van der Waals surface area contributed by atoms with Gasteiger partial charge in [-0.05, 0) is 72.1 Å². The number of aryl methyl sites for hydroxylation is 3. The molecule has 0 bridgehead atoms. The van der Waals surface area contributed by atoms with E-state index in [0.717, 1.165) is 11.4 Å². The number of aromatic nitrogens is 1. The van der Waals surface area contributed by atoms with Crippen LogP contribution in [0.4, 0.5) is 5.69 Å². The summed E-state index contributed by atoms with van der Waals surface area (Å²) in [5, 5.41) is 24.6. The predicted octanol–water partition coefficient (Wildman–Crippen LogP) is 6.84. The van der Waals surface area contributed by atoms with Crippen LogP contribution in [0.3, 0.4) is 0 Å². The summed E-state index contributed by atoms with van der Waals surface area (Å²) in [6.07, 6.45) is 3.58. The molecule has 35 heavy (non-hydrogen) atoms. The Morgan fingerprint density at radius 3 is 1.89 bits per heavy atom. The zero-order valence-electron chi connectivity index (χ0n) is 22.0. The number of nitrogens with zero attached hydrogens (tertiary/aromatic N) is 2. The first-order chi connectivity index (χ1) is 15.6. The zero-order valence-corrected chi connectivity index (χ0v) is 23.8. The van der Waals surface area contributed by atoms with Gasteiger partial charge in [0.1, 0.15) is 0 Å². The van der Waals surface area contributed by atoms with Crippen LogP contribution in [-0.2, 0) is 27.3 Å². The van der Waals surface area contributed by atoms with E-state index in [1.165, 1.54) is 16.7 Å². The molecule has 1 aromatic heterocycles. The molecular formula is C29H35ClN2NiO2. The molecule has 0 unspecified atom stereocenters. The largest absolute Gasteiger partial charge is 2.00 e. The number of rotatable bonds is 2. The molecule has 0 saturated carbocycles. The van der Waals surface area contributed by atoms with Crippen molar-refractivity contribution in [3.05, 3.63) is 81.1 Å². The number of aliphatic imine (C=N–C) groups is 1.